The standard InChI is InChI=1S/C17H22Cl2N4O3S/c1-10(13-6-5-12(18)9-14(13)19)20-15(24)11(2)27-17-22-21-16(25)23(17)7-4-8-26-3/h5-6,9-11H,4,7-8H2,1-3H3,(H,20,24)(H,21,25). The lowest BCUT2D eigenvalue weighted by molar-refractivity contribution is -0.120. The molecule has 7 nitrogen and oxygen atoms in total. The average Bonchev–Trinajstić information content (AvgIpc) is 2.95. The number of benzene rings is 1. The lowest BCUT2D eigenvalue weighted by Gasteiger charge is -2.18. The van der Waals surface area contributed by atoms with E-state index in [2.05, 4.69) is 15.5 Å². The molecule has 0 spiro atoms. The number of aromatic nitrogens is 3. The highest BCUT2D eigenvalue weighted by Crippen LogP contribution is 2.27. The number of rotatable bonds is 9. The molecule has 2 N–H and O–H groups in total. The quantitative estimate of drug-likeness (QED) is 0.468. The Morgan fingerprint density at radius 3 is 2.81 bits per heavy atom. The van der Waals surface area contributed by atoms with Crippen molar-refractivity contribution in [1.82, 2.24) is 20.1 Å². The second-order valence-corrected chi connectivity index (χ2v) is 8.12. The molecule has 2 atom stereocenters. The zero-order valence-corrected chi connectivity index (χ0v) is 17.6. The fourth-order valence-corrected chi connectivity index (χ4v) is 3.89. The van der Waals surface area contributed by atoms with E-state index in [1.54, 1.807) is 32.2 Å². The molecule has 0 aliphatic heterocycles. The molecule has 2 aromatic rings. The highest BCUT2D eigenvalue weighted by Gasteiger charge is 2.21. The molecule has 1 amide bonds. The average molecular weight is 433 g/mol. The lowest BCUT2D eigenvalue weighted by atomic mass is 10.1. The van der Waals surface area contributed by atoms with Gasteiger partial charge in [-0.2, -0.15) is 0 Å². The zero-order chi connectivity index (χ0) is 20.0. The fourth-order valence-electron chi connectivity index (χ4n) is 2.43. The number of carbonyl (C=O) groups excluding carboxylic acids is 1. The molecule has 0 fully saturated rings. The van der Waals surface area contributed by atoms with Crippen LogP contribution in [0, 0.1) is 0 Å². The van der Waals surface area contributed by atoms with Gasteiger partial charge in [-0.3, -0.25) is 9.36 Å². The van der Waals surface area contributed by atoms with E-state index in [1.165, 1.54) is 16.3 Å². The normalized spacial score (nSPS) is 13.4. The zero-order valence-electron chi connectivity index (χ0n) is 15.3. The van der Waals surface area contributed by atoms with Gasteiger partial charge in [-0.15, -0.1) is 5.10 Å². The van der Waals surface area contributed by atoms with Gasteiger partial charge in [-0.1, -0.05) is 41.0 Å². The molecule has 148 valence electrons. The van der Waals surface area contributed by atoms with Crippen LogP contribution in [-0.4, -0.2) is 39.6 Å². The molecule has 10 heteroatoms. The second kappa shape index (κ2) is 10.2. The van der Waals surface area contributed by atoms with E-state index in [0.717, 1.165) is 5.56 Å². The molecular formula is C17H22Cl2N4O3S. The van der Waals surface area contributed by atoms with Gasteiger partial charge < -0.3 is 10.1 Å². The molecule has 0 aliphatic carbocycles. The summed E-state index contributed by atoms with van der Waals surface area (Å²) in [4.78, 5) is 24.4. The molecule has 0 aliphatic rings. The van der Waals surface area contributed by atoms with Crippen molar-refractivity contribution >= 4 is 40.9 Å². The van der Waals surface area contributed by atoms with Crippen molar-refractivity contribution in [2.45, 2.75) is 43.3 Å². The number of nitrogens with one attached hydrogen (secondary N) is 2. The number of nitrogens with zero attached hydrogens (tertiary/aromatic N) is 2. The third-order valence-electron chi connectivity index (χ3n) is 3.89. The van der Waals surface area contributed by atoms with Crippen LogP contribution in [0.2, 0.25) is 10.0 Å². The molecule has 0 saturated heterocycles. The molecule has 1 heterocycles. The first-order valence-corrected chi connectivity index (χ1v) is 10.0. The van der Waals surface area contributed by atoms with Crippen LogP contribution in [0.1, 0.15) is 31.9 Å². The van der Waals surface area contributed by atoms with Crippen LogP contribution in [0.4, 0.5) is 0 Å². The molecule has 1 aromatic heterocycles. The number of ether oxygens (including phenoxy) is 1. The van der Waals surface area contributed by atoms with Gasteiger partial charge in [0.05, 0.1) is 11.3 Å². The maximum atomic E-state index is 12.5. The summed E-state index contributed by atoms with van der Waals surface area (Å²) >= 11 is 13.3. The van der Waals surface area contributed by atoms with E-state index in [-0.39, 0.29) is 17.6 Å². The number of thioether (sulfide) groups is 1. The van der Waals surface area contributed by atoms with Crippen molar-refractivity contribution in [3.8, 4) is 0 Å². The summed E-state index contributed by atoms with van der Waals surface area (Å²) in [5.41, 5.74) is 0.477. The number of methoxy groups -OCH3 is 1. The van der Waals surface area contributed by atoms with Crippen LogP contribution in [-0.2, 0) is 16.1 Å². The molecule has 2 unspecified atom stereocenters. The summed E-state index contributed by atoms with van der Waals surface area (Å²) in [5, 5.41) is 10.4. The van der Waals surface area contributed by atoms with Crippen molar-refractivity contribution in [1.29, 1.82) is 0 Å². The van der Waals surface area contributed by atoms with Crippen molar-refractivity contribution in [3.63, 3.8) is 0 Å². The van der Waals surface area contributed by atoms with Gasteiger partial charge in [-0.25, -0.2) is 9.89 Å². The van der Waals surface area contributed by atoms with Gasteiger partial charge in [0.15, 0.2) is 5.16 Å². The predicted octanol–water partition coefficient (Wildman–Crippen LogP) is 3.27. The smallest absolute Gasteiger partial charge is 0.343 e. The number of aromatic amines is 1. The van der Waals surface area contributed by atoms with Crippen LogP contribution in [0.15, 0.2) is 28.2 Å². The number of amides is 1. The van der Waals surface area contributed by atoms with Gasteiger partial charge in [0.25, 0.3) is 0 Å². The molecule has 1 aromatic carbocycles. The van der Waals surface area contributed by atoms with Gasteiger partial charge in [0.1, 0.15) is 0 Å². The Labute approximate surface area is 171 Å². The third-order valence-corrected chi connectivity index (χ3v) is 5.55. The molecule has 27 heavy (non-hydrogen) atoms. The Hall–Kier alpha value is -1.48. The molecule has 2 rings (SSSR count). The van der Waals surface area contributed by atoms with Crippen LogP contribution in [0.3, 0.4) is 0 Å². The minimum absolute atomic E-state index is 0.183. The number of hydrogen-bond donors (Lipinski definition) is 2. The summed E-state index contributed by atoms with van der Waals surface area (Å²) in [6.45, 7) is 4.61. The van der Waals surface area contributed by atoms with Crippen LogP contribution >= 0.6 is 35.0 Å². The first-order chi connectivity index (χ1) is 12.8. The molecular weight excluding hydrogens is 411 g/mol. The summed E-state index contributed by atoms with van der Waals surface area (Å²) < 4.78 is 6.51. The highest BCUT2D eigenvalue weighted by molar-refractivity contribution is 8.00. The van der Waals surface area contributed by atoms with Gasteiger partial charge in [-0.05, 0) is 38.0 Å². The Bertz CT molecular complexity index is 840. The summed E-state index contributed by atoms with van der Waals surface area (Å²) in [5.74, 6) is -0.183. The van der Waals surface area contributed by atoms with Gasteiger partial charge >= 0.3 is 5.69 Å². The fraction of sp³-hybridized carbons (Fsp3) is 0.471. The van der Waals surface area contributed by atoms with E-state index < -0.39 is 5.25 Å². The van der Waals surface area contributed by atoms with Gasteiger partial charge in [0, 0.05) is 30.3 Å². The third kappa shape index (κ3) is 6.00. The number of hydrogen-bond acceptors (Lipinski definition) is 5. The second-order valence-electron chi connectivity index (χ2n) is 5.97. The van der Waals surface area contributed by atoms with Crippen LogP contribution in [0.5, 0.6) is 0 Å². The summed E-state index contributed by atoms with van der Waals surface area (Å²) in [7, 11) is 1.61. The minimum Gasteiger partial charge on any atom is -0.385 e. The Morgan fingerprint density at radius 1 is 1.41 bits per heavy atom. The monoisotopic (exact) mass is 432 g/mol. The van der Waals surface area contributed by atoms with Crippen molar-refractivity contribution in [2.24, 2.45) is 0 Å². The lowest BCUT2D eigenvalue weighted by Crippen LogP contribution is -2.33. The molecule has 0 saturated carbocycles. The SMILES string of the molecule is COCCCn1c(SC(C)C(=O)NC(C)c2ccc(Cl)cc2Cl)n[nH]c1=O. The van der Waals surface area contributed by atoms with E-state index in [4.69, 9.17) is 27.9 Å². The Kier molecular flexibility index (Phi) is 8.22. The van der Waals surface area contributed by atoms with E-state index in [0.29, 0.717) is 34.8 Å². The van der Waals surface area contributed by atoms with Crippen molar-refractivity contribution in [2.75, 3.05) is 13.7 Å². The minimum atomic E-state index is -0.449. The molecule has 0 bridgehead atoms. The maximum Gasteiger partial charge on any atom is 0.343 e. The van der Waals surface area contributed by atoms with Crippen LogP contribution in [0.25, 0.3) is 0 Å². The predicted molar refractivity (Wildman–Crippen MR) is 108 cm³/mol. The summed E-state index contributed by atoms with van der Waals surface area (Å²) in [6, 6.07) is 4.87. The Morgan fingerprint density at radius 2 is 2.15 bits per heavy atom. The van der Waals surface area contributed by atoms with Gasteiger partial charge in [0.2, 0.25) is 5.91 Å². The Balaban J connectivity index is 2.00. The first kappa shape index (κ1) is 21.8. The largest absolute Gasteiger partial charge is 0.385 e. The topological polar surface area (TPSA) is 89.0 Å². The van der Waals surface area contributed by atoms with Crippen molar-refractivity contribution in [3.05, 3.63) is 44.3 Å². The van der Waals surface area contributed by atoms with E-state index in [9.17, 15) is 9.59 Å². The molecule has 0 radical (unpaired) electrons. The number of carbonyl (C=O) groups is 1. The van der Waals surface area contributed by atoms with E-state index >= 15 is 0 Å². The van der Waals surface area contributed by atoms with Crippen LogP contribution < -0.4 is 11.0 Å². The highest BCUT2D eigenvalue weighted by atomic mass is 35.5. The number of H-pyrrole nitrogens is 1. The van der Waals surface area contributed by atoms with Crippen molar-refractivity contribution < 1.29 is 9.53 Å². The van der Waals surface area contributed by atoms with E-state index in [1.807, 2.05) is 6.92 Å². The number of halogens is 2. The summed E-state index contributed by atoms with van der Waals surface area (Å²) in [6.07, 6.45) is 0.677. The maximum absolute atomic E-state index is 12.5. The first-order valence-electron chi connectivity index (χ1n) is 8.39.